The third-order valence-corrected chi connectivity index (χ3v) is 7.13. The number of halogens is 2. The van der Waals surface area contributed by atoms with Crippen molar-refractivity contribution in [2.24, 2.45) is 5.73 Å². The maximum absolute atomic E-state index is 14.3. The highest BCUT2D eigenvalue weighted by atomic mass is 32.3. The average Bonchev–Trinajstić information content (AvgIpc) is 3.04. The summed E-state index contributed by atoms with van der Waals surface area (Å²) in [6, 6.07) is 6.55. The molecule has 2 heterocycles. The fourth-order valence-electron chi connectivity index (χ4n) is 3.88. The molecule has 0 bridgehead atoms. The summed E-state index contributed by atoms with van der Waals surface area (Å²) in [6.45, 7) is 0. The summed E-state index contributed by atoms with van der Waals surface area (Å²) >= 11 is 0. The van der Waals surface area contributed by atoms with E-state index >= 15 is 0 Å². The fraction of sp³-hybridized carbons (Fsp3) is 0.250. The number of aromatic amines is 1. The summed E-state index contributed by atoms with van der Waals surface area (Å²) in [6.07, 6.45) is 3.01. The smallest absolute Gasteiger partial charge is 0.250 e. The predicted octanol–water partition coefficient (Wildman–Crippen LogP) is 4.84. The van der Waals surface area contributed by atoms with Gasteiger partial charge in [0.05, 0.1) is 11.1 Å². The van der Waals surface area contributed by atoms with Crippen molar-refractivity contribution >= 4 is 27.4 Å². The van der Waals surface area contributed by atoms with Crippen molar-refractivity contribution in [2.75, 3.05) is 11.5 Å². The van der Waals surface area contributed by atoms with Crippen LogP contribution in [0.2, 0.25) is 0 Å². The molecule has 0 aliphatic carbocycles. The Bertz CT molecular complexity index is 1070. The number of H-pyrrole nitrogens is 1. The number of nitrogens with two attached hydrogens (primary N) is 1. The van der Waals surface area contributed by atoms with E-state index in [4.69, 9.17) is 5.73 Å². The summed E-state index contributed by atoms with van der Waals surface area (Å²) in [5, 5.41) is 0.735. The van der Waals surface area contributed by atoms with E-state index in [1.165, 1.54) is 12.1 Å². The van der Waals surface area contributed by atoms with E-state index in [-0.39, 0.29) is 17.0 Å². The van der Waals surface area contributed by atoms with Gasteiger partial charge < -0.3 is 10.7 Å². The number of hydrogen-bond acceptors (Lipinski definition) is 3. The number of rotatable bonds is 3. The molecule has 8 heteroatoms. The van der Waals surface area contributed by atoms with Crippen LogP contribution >= 0.6 is 10.6 Å². The molecule has 1 aromatic heterocycles. The normalized spacial score (nSPS) is 18.3. The van der Waals surface area contributed by atoms with Crippen LogP contribution in [-0.2, 0) is 0 Å². The molecule has 3 aromatic rings. The second-order valence-electron chi connectivity index (χ2n) is 7.16. The molecule has 1 amide bonds. The van der Waals surface area contributed by atoms with Crippen molar-refractivity contribution in [2.45, 2.75) is 18.8 Å². The van der Waals surface area contributed by atoms with E-state index in [2.05, 4.69) is 4.98 Å². The first-order valence-electron chi connectivity index (χ1n) is 8.89. The zero-order valence-corrected chi connectivity index (χ0v) is 15.7. The number of hydrogen-bond donors (Lipinski definition) is 4. The zero-order chi connectivity index (χ0) is 20.1. The number of carbonyl (C=O) groups is 1. The Morgan fingerprint density at radius 3 is 2.50 bits per heavy atom. The molecule has 5 nitrogen and oxygen atoms in total. The Morgan fingerprint density at radius 1 is 1.14 bits per heavy atom. The Kier molecular flexibility index (Phi) is 4.65. The van der Waals surface area contributed by atoms with Crippen molar-refractivity contribution in [1.29, 1.82) is 0 Å². The van der Waals surface area contributed by atoms with Crippen LogP contribution in [-0.4, -0.2) is 31.5 Å². The van der Waals surface area contributed by atoms with Gasteiger partial charge in [-0.3, -0.25) is 13.9 Å². The summed E-state index contributed by atoms with van der Waals surface area (Å²) in [5.74, 6) is -1.30. The van der Waals surface area contributed by atoms with Crippen molar-refractivity contribution in [3.63, 3.8) is 0 Å². The molecule has 0 radical (unpaired) electrons. The summed E-state index contributed by atoms with van der Waals surface area (Å²) in [4.78, 5) is 15.1. The number of primary amides is 1. The quantitative estimate of drug-likeness (QED) is 0.501. The largest absolute Gasteiger partial charge is 0.366 e. The van der Waals surface area contributed by atoms with Crippen LogP contribution in [0, 0.1) is 11.6 Å². The van der Waals surface area contributed by atoms with Gasteiger partial charge in [0.1, 0.15) is 11.6 Å². The van der Waals surface area contributed by atoms with Gasteiger partial charge in [-0.1, -0.05) is 0 Å². The van der Waals surface area contributed by atoms with Gasteiger partial charge in [0.2, 0.25) is 0 Å². The molecule has 4 rings (SSSR count). The predicted molar refractivity (Wildman–Crippen MR) is 107 cm³/mol. The van der Waals surface area contributed by atoms with Gasteiger partial charge in [-0.2, -0.15) is 10.6 Å². The van der Waals surface area contributed by atoms with E-state index in [1.807, 2.05) is 0 Å². The van der Waals surface area contributed by atoms with Gasteiger partial charge in [-0.25, -0.2) is 8.78 Å². The Balaban J connectivity index is 1.86. The molecule has 28 heavy (non-hydrogen) atoms. The highest BCUT2D eigenvalue weighted by Crippen LogP contribution is 2.49. The Labute approximate surface area is 161 Å². The van der Waals surface area contributed by atoms with Crippen LogP contribution in [0.1, 0.15) is 34.7 Å². The number of carbonyl (C=O) groups excluding carboxylic acids is 1. The number of amides is 1. The number of aromatic nitrogens is 1. The maximum Gasteiger partial charge on any atom is 0.250 e. The molecule has 0 saturated carbocycles. The van der Waals surface area contributed by atoms with Crippen LogP contribution in [0.4, 0.5) is 8.78 Å². The lowest BCUT2D eigenvalue weighted by molar-refractivity contribution is 0.100. The second-order valence-corrected chi connectivity index (χ2v) is 9.58. The molecule has 1 aliphatic heterocycles. The minimum atomic E-state index is -2.51. The molecule has 2 aromatic carbocycles. The zero-order valence-electron chi connectivity index (χ0n) is 14.9. The summed E-state index contributed by atoms with van der Waals surface area (Å²) in [7, 11) is -2.51. The van der Waals surface area contributed by atoms with Crippen LogP contribution in [0.15, 0.2) is 36.5 Å². The third-order valence-electron chi connectivity index (χ3n) is 5.36. The molecular weight excluding hydrogens is 386 g/mol. The van der Waals surface area contributed by atoms with E-state index in [1.54, 1.807) is 12.3 Å². The molecule has 148 valence electrons. The van der Waals surface area contributed by atoms with Gasteiger partial charge >= 0.3 is 0 Å². The Hall–Kier alpha value is -2.42. The number of benzene rings is 2. The lowest BCUT2D eigenvalue weighted by Crippen LogP contribution is -2.19. The first kappa shape index (κ1) is 18.9. The molecule has 1 aliphatic rings. The highest BCUT2D eigenvalue weighted by molar-refractivity contribution is 8.24. The first-order chi connectivity index (χ1) is 13.2. The van der Waals surface area contributed by atoms with Crippen molar-refractivity contribution in [3.05, 3.63) is 59.3 Å². The molecule has 0 atom stereocenters. The molecule has 1 fully saturated rings. The van der Waals surface area contributed by atoms with Crippen molar-refractivity contribution in [3.8, 4) is 11.1 Å². The number of fused-ring (bicyclic) bond motifs is 1. The maximum atomic E-state index is 14.3. The van der Waals surface area contributed by atoms with Gasteiger partial charge in [-0.05, 0) is 54.2 Å². The van der Waals surface area contributed by atoms with Crippen LogP contribution < -0.4 is 5.73 Å². The van der Waals surface area contributed by atoms with Gasteiger partial charge in [0.25, 0.3) is 5.91 Å². The standard InChI is InChI=1S/C20H20F2N2O3S/c21-13-1-2-14(18(22)9-13)12-7-15-17(11-3-5-28(26,27)6-4-11)10-24-19(15)16(8-12)20(23)25/h1-2,7-11,24,26-27H,3-6H2,(H2,23,25). The lowest BCUT2D eigenvalue weighted by Gasteiger charge is -2.39. The third kappa shape index (κ3) is 3.39. The molecule has 1 saturated heterocycles. The molecule has 0 unspecified atom stereocenters. The minimum Gasteiger partial charge on any atom is -0.366 e. The van der Waals surface area contributed by atoms with E-state index in [0.717, 1.165) is 23.1 Å². The average molecular weight is 406 g/mol. The van der Waals surface area contributed by atoms with Crippen LogP contribution in [0.25, 0.3) is 22.0 Å². The number of nitrogens with one attached hydrogen (secondary N) is 1. The van der Waals surface area contributed by atoms with E-state index in [9.17, 15) is 22.7 Å². The monoisotopic (exact) mass is 406 g/mol. The molecule has 5 N–H and O–H groups in total. The highest BCUT2D eigenvalue weighted by Gasteiger charge is 2.27. The van der Waals surface area contributed by atoms with E-state index in [0.29, 0.717) is 35.4 Å². The second kappa shape index (κ2) is 6.88. The van der Waals surface area contributed by atoms with Crippen molar-refractivity contribution in [1.82, 2.24) is 4.98 Å². The SMILES string of the molecule is NC(=O)c1cc(-c2ccc(F)cc2F)cc2c(C3CCS(O)(O)CC3)c[nH]c12. The molecule has 0 spiro atoms. The Morgan fingerprint density at radius 2 is 1.86 bits per heavy atom. The van der Waals surface area contributed by atoms with Crippen LogP contribution in [0.5, 0.6) is 0 Å². The van der Waals surface area contributed by atoms with Crippen LogP contribution in [0.3, 0.4) is 0 Å². The van der Waals surface area contributed by atoms with Gasteiger partial charge in [0.15, 0.2) is 0 Å². The summed E-state index contributed by atoms with van der Waals surface area (Å²) < 4.78 is 47.3. The van der Waals surface area contributed by atoms with Gasteiger partial charge in [0, 0.05) is 34.7 Å². The lowest BCUT2D eigenvalue weighted by atomic mass is 9.90. The van der Waals surface area contributed by atoms with E-state index < -0.39 is 28.1 Å². The van der Waals surface area contributed by atoms with Gasteiger partial charge in [-0.15, -0.1) is 0 Å². The molecular formula is C20H20F2N2O3S. The minimum absolute atomic E-state index is 0.0858. The van der Waals surface area contributed by atoms with Crippen molar-refractivity contribution < 1.29 is 22.7 Å². The fourth-order valence-corrected chi connectivity index (χ4v) is 5.41. The topological polar surface area (TPSA) is 99.3 Å². The first-order valence-corrected chi connectivity index (χ1v) is 10.8. The summed E-state index contributed by atoms with van der Waals surface area (Å²) in [5.41, 5.74) is 7.86.